The Morgan fingerprint density at radius 3 is 2.69 bits per heavy atom. The summed E-state index contributed by atoms with van der Waals surface area (Å²) in [6, 6.07) is 0.0474. The number of aliphatic hydroxyl groups is 1. The highest BCUT2D eigenvalue weighted by Crippen LogP contribution is 2.26. The average Bonchev–Trinajstić information content (AvgIpc) is 2.36. The second kappa shape index (κ2) is 6.33. The van der Waals surface area contributed by atoms with Gasteiger partial charge in [0.2, 0.25) is 0 Å². The maximum absolute atomic E-state index is 11.2. The van der Waals surface area contributed by atoms with E-state index in [0.29, 0.717) is 13.2 Å². The lowest BCUT2D eigenvalue weighted by Crippen LogP contribution is -2.51. The molecule has 0 radical (unpaired) electrons. The predicted molar refractivity (Wildman–Crippen MR) is 62.3 cm³/mol. The van der Waals surface area contributed by atoms with Crippen molar-refractivity contribution in [3.8, 4) is 0 Å². The Balaban J connectivity index is 2.64. The molecule has 0 amide bonds. The molecule has 1 heterocycles. The molecule has 4 nitrogen and oxygen atoms in total. The lowest BCUT2D eigenvalue weighted by atomic mass is 9.83. The van der Waals surface area contributed by atoms with Gasteiger partial charge in [-0.15, -0.1) is 0 Å². The summed E-state index contributed by atoms with van der Waals surface area (Å²) < 4.78 is 5.33. The minimum Gasteiger partial charge on any atom is -0.395 e. The van der Waals surface area contributed by atoms with Gasteiger partial charge < -0.3 is 14.6 Å². The third-order valence-electron chi connectivity index (χ3n) is 3.74. The molecule has 0 bridgehead atoms. The summed E-state index contributed by atoms with van der Waals surface area (Å²) in [4.78, 5) is 13.4. The van der Waals surface area contributed by atoms with Gasteiger partial charge in [-0.05, 0) is 12.8 Å². The van der Waals surface area contributed by atoms with Gasteiger partial charge in [-0.2, -0.15) is 0 Å². The van der Waals surface area contributed by atoms with E-state index in [2.05, 4.69) is 4.90 Å². The lowest BCUT2D eigenvalue weighted by molar-refractivity contribution is -0.120. The molecular formula is C12H23NO3. The van der Waals surface area contributed by atoms with E-state index < -0.39 is 0 Å². The van der Waals surface area contributed by atoms with Crippen LogP contribution in [0.3, 0.4) is 0 Å². The van der Waals surface area contributed by atoms with E-state index in [1.165, 1.54) is 0 Å². The summed E-state index contributed by atoms with van der Waals surface area (Å²) >= 11 is 0. The van der Waals surface area contributed by atoms with Gasteiger partial charge in [0.15, 0.2) is 0 Å². The molecule has 0 aliphatic carbocycles. The Bertz CT molecular complexity index is 216. The van der Waals surface area contributed by atoms with Crippen molar-refractivity contribution in [3.05, 3.63) is 0 Å². The van der Waals surface area contributed by atoms with Crippen molar-refractivity contribution in [2.24, 2.45) is 5.41 Å². The van der Waals surface area contributed by atoms with Gasteiger partial charge in [0.1, 0.15) is 6.29 Å². The summed E-state index contributed by atoms with van der Waals surface area (Å²) in [5.74, 6) is 0. The van der Waals surface area contributed by atoms with E-state index in [0.717, 1.165) is 32.2 Å². The number of nitrogens with zero attached hydrogens (tertiary/aromatic N) is 1. The topological polar surface area (TPSA) is 49.8 Å². The Morgan fingerprint density at radius 1 is 1.50 bits per heavy atom. The molecule has 94 valence electrons. The zero-order valence-corrected chi connectivity index (χ0v) is 10.3. The molecule has 1 aliphatic rings. The molecule has 4 heteroatoms. The second-order valence-electron chi connectivity index (χ2n) is 4.57. The molecule has 1 aliphatic heterocycles. The number of carbonyl (C=O) groups is 1. The minimum absolute atomic E-state index is 0.0474. The third kappa shape index (κ3) is 3.03. The molecule has 1 N–H and O–H groups in total. The highest BCUT2D eigenvalue weighted by Gasteiger charge is 2.32. The maximum atomic E-state index is 11.2. The monoisotopic (exact) mass is 229 g/mol. The van der Waals surface area contributed by atoms with Crippen LogP contribution >= 0.6 is 0 Å². The molecule has 16 heavy (non-hydrogen) atoms. The van der Waals surface area contributed by atoms with Gasteiger partial charge in [-0.3, -0.25) is 4.90 Å². The fraction of sp³-hybridized carbons (Fsp3) is 0.917. The minimum atomic E-state index is -0.259. The first-order chi connectivity index (χ1) is 7.71. The number of ether oxygens (including phenoxy) is 1. The first kappa shape index (κ1) is 13.6. The summed E-state index contributed by atoms with van der Waals surface area (Å²) in [7, 11) is 0. The van der Waals surface area contributed by atoms with Crippen LogP contribution in [0.5, 0.6) is 0 Å². The van der Waals surface area contributed by atoms with Crippen molar-refractivity contribution >= 4 is 6.29 Å². The normalized spacial score (nSPS) is 23.3. The largest absolute Gasteiger partial charge is 0.395 e. The smallest absolute Gasteiger partial charge is 0.127 e. The van der Waals surface area contributed by atoms with Gasteiger partial charge in [-0.1, -0.05) is 13.8 Å². The van der Waals surface area contributed by atoms with Crippen molar-refractivity contribution in [3.63, 3.8) is 0 Å². The Hall–Kier alpha value is -0.450. The zero-order valence-electron chi connectivity index (χ0n) is 10.3. The number of morpholine rings is 1. The molecule has 1 fully saturated rings. The fourth-order valence-electron chi connectivity index (χ4n) is 2.15. The van der Waals surface area contributed by atoms with E-state index in [4.69, 9.17) is 4.74 Å². The van der Waals surface area contributed by atoms with Crippen LogP contribution in [-0.2, 0) is 9.53 Å². The van der Waals surface area contributed by atoms with Crippen LogP contribution in [0.2, 0.25) is 0 Å². The van der Waals surface area contributed by atoms with Crippen LogP contribution in [0.4, 0.5) is 0 Å². The van der Waals surface area contributed by atoms with Crippen molar-refractivity contribution in [2.75, 3.05) is 32.9 Å². The highest BCUT2D eigenvalue weighted by molar-refractivity contribution is 5.59. The number of hydrogen-bond acceptors (Lipinski definition) is 4. The molecule has 0 aromatic rings. The first-order valence-corrected chi connectivity index (χ1v) is 6.10. The Morgan fingerprint density at radius 2 is 2.19 bits per heavy atom. The SMILES string of the molecule is CCC(C=O)(CC)CN1CCOCC1CO. The number of aliphatic hydroxyl groups excluding tert-OH is 1. The van der Waals surface area contributed by atoms with Crippen LogP contribution < -0.4 is 0 Å². The molecule has 1 rings (SSSR count). The van der Waals surface area contributed by atoms with Crippen LogP contribution in [0.25, 0.3) is 0 Å². The quantitative estimate of drug-likeness (QED) is 0.681. The molecule has 1 saturated heterocycles. The van der Waals surface area contributed by atoms with Crippen LogP contribution in [0, 0.1) is 5.41 Å². The van der Waals surface area contributed by atoms with Gasteiger partial charge in [0.25, 0.3) is 0 Å². The van der Waals surface area contributed by atoms with Crippen LogP contribution in [0.15, 0.2) is 0 Å². The highest BCUT2D eigenvalue weighted by atomic mass is 16.5. The fourth-order valence-corrected chi connectivity index (χ4v) is 2.15. The van der Waals surface area contributed by atoms with Crippen LogP contribution in [0.1, 0.15) is 26.7 Å². The van der Waals surface area contributed by atoms with E-state index in [9.17, 15) is 9.90 Å². The molecular weight excluding hydrogens is 206 g/mol. The summed E-state index contributed by atoms with van der Waals surface area (Å²) in [6.07, 6.45) is 2.78. The third-order valence-corrected chi connectivity index (χ3v) is 3.74. The standard InChI is InChI=1S/C12H23NO3/c1-3-12(4-2,10-15)9-13-5-6-16-8-11(13)7-14/h10-11,14H,3-9H2,1-2H3. The first-order valence-electron chi connectivity index (χ1n) is 6.10. The lowest BCUT2D eigenvalue weighted by Gasteiger charge is -2.39. The molecule has 0 spiro atoms. The number of rotatable bonds is 6. The Kier molecular flexibility index (Phi) is 5.38. The van der Waals surface area contributed by atoms with Gasteiger partial charge >= 0.3 is 0 Å². The second-order valence-corrected chi connectivity index (χ2v) is 4.57. The Labute approximate surface area is 97.6 Å². The van der Waals surface area contributed by atoms with Crippen molar-refractivity contribution < 1.29 is 14.6 Å². The average molecular weight is 229 g/mol. The summed E-state index contributed by atoms with van der Waals surface area (Å²) in [5, 5.41) is 9.27. The van der Waals surface area contributed by atoms with E-state index in [-0.39, 0.29) is 18.1 Å². The van der Waals surface area contributed by atoms with E-state index >= 15 is 0 Å². The zero-order chi connectivity index (χ0) is 12.0. The molecule has 0 saturated carbocycles. The van der Waals surface area contributed by atoms with Crippen molar-refractivity contribution in [1.29, 1.82) is 0 Å². The van der Waals surface area contributed by atoms with Gasteiger partial charge in [0, 0.05) is 18.5 Å². The van der Waals surface area contributed by atoms with Crippen molar-refractivity contribution in [1.82, 2.24) is 4.90 Å². The summed E-state index contributed by atoms with van der Waals surface area (Å²) in [5.41, 5.74) is -0.259. The number of hydrogen-bond donors (Lipinski definition) is 1. The maximum Gasteiger partial charge on any atom is 0.127 e. The van der Waals surface area contributed by atoms with Gasteiger partial charge in [0.05, 0.1) is 25.9 Å². The summed E-state index contributed by atoms with van der Waals surface area (Å²) in [6.45, 7) is 7.00. The number of aldehydes is 1. The van der Waals surface area contributed by atoms with E-state index in [1.807, 2.05) is 13.8 Å². The molecule has 0 aromatic carbocycles. The predicted octanol–water partition coefficient (Wildman–Crippen LogP) is 0.685. The van der Waals surface area contributed by atoms with Gasteiger partial charge in [-0.25, -0.2) is 0 Å². The van der Waals surface area contributed by atoms with E-state index in [1.54, 1.807) is 0 Å². The molecule has 1 atom stereocenters. The molecule has 0 aromatic heterocycles. The molecule has 1 unspecified atom stereocenters. The van der Waals surface area contributed by atoms with Crippen molar-refractivity contribution in [2.45, 2.75) is 32.7 Å². The number of carbonyl (C=O) groups excluding carboxylic acids is 1. The van der Waals surface area contributed by atoms with Crippen LogP contribution in [-0.4, -0.2) is 55.2 Å².